The fourth-order valence-corrected chi connectivity index (χ4v) is 4.49. The summed E-state index contributed by atoms with van der Waals surface area (Å²) in [5.41, 5.74) is 2.90. The number of rotatable bonds is 4. The molecule has 3 rings (SSSR count). The second-order valence-corrected chi connectivity index (χ2v) is 11.8. The van der Waals surface area contributed by atoms with Crippen LogP contribution in [0.2, 0.25) is 19.6 Å². The Morgan fingerprint density at radius 1 is 0.826 bits per heavy atom. The lowest BCUT2D eigenvalue weighted by molar-refractivity contribution is 0.340. The van der Waals surface area contributed by atoms with Gasteiger partial charge in [0, 0.05) is 11.8 Å². The first-order chi connectivity index (χ1) is 11.0. The highest BCUT2D eigenvalue weighted by Gasteiger charge is 2.36. The van der Waals surface area contributed by atoms with Gasteiger partial charge in [-0.05, 0) is 49.7 Å². The second-order valence-electron chi connectivity index (χ2n) is 7.40. The van der Waals surface area contributed by atoms with Gasteiger partial charge in [0.05, 0.1) is 5.76 Å². The molecule has 2 aromatic carbocycles. The Hall–Kier alpha value is -1.80. The molecule has 120 valence electrons. The van der Waals surface area contributed by atoms with Gasteiger partial charge in [0.15, 0.2) is 0 Å². The lowest BCUT2D eigenvalue weighted by Gasteiger charge is -2.38. The van der Waals surface area contributed by atoms with Crippen LogP contribution in [0.4, 0.5) is 0 Å². The van der Waals surface area contributed by atoms with Crippen LogP contribution in [0.1, 0.15) is 30.4 Å². The molecule has 1 nitrogen and oxygen atoms in total. The van der Waals surface area contributed by atoms with Crippen LogP contribution < -0.4 is 0 Å². The van der Waals surface area contributed by atoms with Gasteiger partial charge >= 0.3 is 0 Å². The van der Waals surface area contributed by atoms with Gasteiger partial charge in [-0.2, -0.15) is 0 Å². The topological polar surface area (TPSA) is 9.23 Å². The molecule has 0 amide bonds. The van der Waals surface area contributed by atoms with Gasteiger partial charge in [-0.15, -0.1) is 0 Å². The van der Waals surface area contributed by atoms with Crippen LogP contribution in [0.3, 0.4) is 0 Å². The third kappa shape index (κ3) is 3.58. The average Bonchev–Trinajstić information content (AvgIpc) is 2.56. The monoisotopic (exact) mass is 322 g/mol. The van der Waals surface area contributed by atoms with E-state index in [9.17, 15) is 0 Å². The molecule has 0 spiro atoms. The molecule has 0 heterocycles. The van der Waals surface area contributed by atoms with E-state index < -0.39 is 8.32 Å². The lowest BCUT2D eigenvalue weighted by atomic mass is 9.67. The Morgan fingerprint density at radius 2 is 1.35 bits per heavy atom. The molecule has 0 N–H and O–H groups in total. The standard InChI is InChI=1S/C21H26OSi/c1-23(2,3)22-20-14-16-21(17-15-20,18-10-6-4-7-11-18)19-12-8-5-9-13-19/h4-14H,15-17H2,1-3H3. The Kier molecular flexibility index (Phi) is 4.45. The van der Waals surface area contributed by atoms with E-state index in [2.05, 4.69) is 86.4 Å². The zero-order valence-electron chi connectivity index (χ0n) is 14.4. The SMILES string of the molecule is C[Si](C)(C)OC1=CCC(c2ccccc2)(c2ccccc2)CC1. The molecule has 0 fully saturated rings. The van der Waals surface area contributed by atoms with Gasteiger partial charge in [0.1, 0.15) is 0 Å². The summed E-state index contributed by atoms with van der Waals surface area (Å²) >= 11 is 0. The fraction of sp³-hybridized carbons (Fsp3) is 0.333. The van der Waals surface area contributed by atoms with Gasteiger partial charge in [0.2, 0.25) is 8.32 Å². The number of hydrogen-bond donors (Lipinski definition) is 0. The van der Waals surface area contributed by atoms with Crippen LogP contribution >= 0.6 is 0 Å². The summed E-state index contributed by atoms with van der Waals surface area (Å²) in [6.45, 7) is 6.76. The summed E-state index contributed by atoms with van der Waals surface area (Å²) in [7, 11) is -1.52. The maximum absolute atomic E-state index is 6.24. The summed E-state index contributed by atoms with van der Waals surface area (Å²) < 4.78 is 6.24. The van der Waals surface area contributed by atoms with Crippen LogP contribution in [0, 0.1) is 0 Å². The van der Waals surface area contributed by atoms with Crippen molar-refractivity contribution in [3.8, 4) is 0 Å². The largest absolute Gasteiger partial charge is 0.548 e. The van der Waals surface area contributed by atoms with Crippen molar-refractivity contribution in [2.75, 3.05) is 0 Å². The maximum Gasteiger partial charge on any atom is 0.241 e. The van der Waals surface area contributed by atoms with Gasteiger partial charge in [-0.25, -0.2) is 0 Å². The number of allylic oxidation sites excluding steroid dienone is 2. The van der Waals surface area contributed by atoms with E-state index in [1.54, 1.807) is 0 Å². The van der Waals surface area contributed by atoms with Gasteiger partial charge in [0.25, 0.3) is 0 Å². The number of benzene rings is 2. The lowest BCUT2D eigenvalue weighted by Crippen LogP contribution is -2.32. The Bertz CT molecular complexity index is 628. The van der Waals surface area contributed by atoms with E-state index >= 15 is 0 Å². The van der Waals surface area contributed by atoms with Gasteiger partial charge in [-0.3, -0.25) is 0 Å². The third-order valence-electron chi connectivity index (χ3n) is 4.57. The summed E-state index contributed by atoms with van der Waals surface area (Å²) in [5, 5.41) is 0. The molecule has 0 unspecified atom stereocenters. The highest BCUT2D eigenvalue weighted by Crippen LogP contribution is 2.44. The van der Waals surface area contributed by atoms with Gasteiger partial charge < -0.3 is 4.43 Å². The van der Waals surface area contributed by atoms with Crippen LogP contribution in [-0.4, -0.2) is 8.32 Å². The minimum Gasteiger partial charge on any atom is -0.548 e. The van der Waals surface area contributed by atoms with E-state index in [-0.39, 0.29) is 5.41 Å². The van der Waals surface area contributed by atoms with Crippen LogP contribution in [0.25, 0.3) is 0 Å². The predicted molar refractivity (Wildman–Crippen MR) is 100 cm³/mol. The van der Waals surface area contributed by atoms with Crippen LogP contribution in [0.5, 0.6) is 0 Å². The normalized spacial score (nSPS) is 17.4. The van der Waals surface area contributed by atoms with E-state index in [0.29, 0.717) is 0 Å². The highest BCUT2D eigenvalue weighted by molar-refractivity contribution is 6.70. The van der Waals surface area contributed by atoms with Crippen molar-refractivity contribution in [2.24, 2.45) is 0 Å². The highest BCUT2D eigenvalue weighted by atomic mass is 28.4. The maximum atomic E-state index is 6.24. The Labute approximate surface area is 141 Å². The molecule has 0 aromatic heterocycles. The molecule has 0 atom stereocenters. The van der Waals surface area contributed by atoms with Crippen molar-refractivity contribution in [3.63, 3.8) is 0 Å². The molecule has 0 radical (unpaired) electrons. The molecule has 23 heavy (non-hydrogen) atoms. The quantitative estimate of drug-likeness (QED) is 0.637. The smallest absolute Gasteiger partial charge is 0.241 e. The first-order valence-electron chi connectivity index (χ1n) is 8.49. The fourth-order valence-electron chi connectivity index (χ4n) is 3.52. The van der Waals surface area contributed by atoms with Crippen molar-refractivity contribution < 1.29 is 4.43 Å². The first kappa shape index (κ1) is 16.1. The van der Waals surface area contributed by atoms with Crippen LogP contribution in [0.15, 0.2) is 72.5 Å². The van der Waals surface area contributed by atoms with Crippen molar-refractivity contribution in [2.45, 2.75) is 44.3 Å². The summed E-state index contributed by atoms with van der Waals surface area (Å²) in [6.07, 6.45) is 5.48. The van der Waals surface area contributed by atoms with Crippen LogP contribution in [-0.2, 0) is 9.84 Å². The van der Waals surface area contributed by atoms with E-state index in [4.69, 9.17) is 4.43 Å². The molecule has 0 bridgehead atoms. The molecular formula is C21H26OSi. The van der Waals surface area contributed by atoms with E-state index in [0.717, 1.165) is 19.3 Å². The van der Waals surface area contributed by atoms with Gasteiger partial charge in [-0.1, -0.05) is 60.7 Å². The molecule has 1 aliphatic carbocycles. The minimum absolute atomic E-state index is 0.0782. The number of hydrogen-bond acceptors (Lipinski definition) is 1. The van der Waals surface area contributed by atoms with E-state index in [1.165, 1.54) is 16.9 Å². The molecule has 1 aliphatic rings. The van der Waals surface area contributed by atoms with Crippen molar-refractivity contribution in [3.05, 3.63) is 83.6 Å². The first-order valence-corrected chi connectivity index (χ1v) is 11.9. The molecular weight excluding hydrogens is 296 g/mol. The van der Waals surface area contributed by atoms with Crippen molar-refractivity contribution in [1.29, 1.82) is 0 Å². The third-order valence-corrected chi connectivity index (χ3v) is 5.44. The molecule has 0 saturated carbocycles. The predicted octanol–water partition coefficient (Wildman–Crippen LogP) is 5.89. The summed E-state index contributed by atoms with van der Waals surface area (Å²) in [4.78, 5) is 0. The average molecular weight is 323 g/mol. The molecule has 0 aliphatic heterocycles. The van der Waals surface area contributed by atoms with Crippen molar-refractivity contribution in [1.82, 2.24) is 0 Å². The molecule has 2 heteroatoms. The van der Waals surface area contributed by atoms with E-state index in [1.807, 2.05) is 0 Å². The minimum atomic E-state index is -1.52. The zero-order chi connectivity index (χ0) is 16.3. The Morgan fingerprint density at radius 3 is 1.74 bits per heavy atom. The summed E-state index contributed by atoms with van der Waals surface area (Å²) in [5.74, 6) is 1.20. The Balaban J connectivity index is 1.97. The second kappa shape index (κ2) is 6.36. The molecule has 2 aromatic rings. The van der Waals surface area contributed by atoms with Crippen molar-refractivity contribution >= 4 is 8.32 Å². The molecule has 0 saturated heterocycles. The zero-order valence-corrected chi connectivity index (χ0v) is 15.4. The summed E-state index contributed by atoms with van der Waals surface area (Å²) in [6, 6.07) is 21.9.